The normalized spacial score (nSPS) is 11.1. The van der Waals surface area contributed by atoms with Gasteiger partial charge in [0, 0.05) is 4.47 Å². The molecule has 0 fully saturated rings. The first-order chi connectivity index (χ1) is 6.81. The first-order valence-electron chi connectivity index (χ1n) is 3.63. The molecule has 0 unspecified atom stereocenters. The molecule has 0 saturated carbocycles. The minimum Gasteiger partial charge on any atom is -0.478 e. The van der Waals surface area contributed by atoms with E-state index in [4.69, 9.17) is 10.2 Å². The number of halogens is 1. The van der Waals surface area contributed by atoms with Crippen LogP contribution < -0.4 is 9.86 Å². The van der Waals surface area contributed by atoms with Crippen molar-refractivity contribution in [2.24, 2.45) is 5.14 Å². The van der Waals surface area contributed by atoms with Crippen molar-refractivity contribution in [1.29, 1.82) is 0 Å². The number of carboxylic acid groups (broad SMARTS) is 1. The van der Waals surface area contributed by atoms with Crippen molar-refractivity contribution in [3.63, 3.8) is 0 Å². The first-order valence-corrected chi connectivity index (χ1v) is 5.97. The molecule has 0 spiro atoms. The van der Waals surface area contributed by atoms with Gasteiger partial charge in [0.25, 0.3) is 10.2 Å². The Morgan fingerprint density at radius 2 is 2.07 bits per heavy atom. The highest BCUT2D eigenvalue weighted by atomic mass is 79.9. The topological polar surface area (TPSA) is 109 Å². The van der Waals surface area contributed by atoms with Gasteiger partial charge in [-0.05, 0) is 28.1 Å². The summed E-state index contributed by atoms with van der Waals surface area (Å²) in [6.07, 6.45) is 0. The molecule has 0 amide bonds. The molecule has 0 radical (unpaired) electrons. The Bertz CT molecular complexity index is 500. The van der Waals surface area contributed by atoms with Crippen LogP contribution in [0.15, 0.2) is 22.7 Å². The van der Waals surface area contributed by atoms with Crippen LogP contribution in [0.1, 0.15) is 10.4 Å². The quantitative estimate of drug-likeness (QED) is 0.764. The number of benzene rings is 1. The molecule has 0 aliphatic rings. The summed E-state index contributed by atoms with van der Waals surface area (Å²) in [5, 5.41) is 13.5. The fraction of sp³-hybridized carbons (Fsp3) is 0. The Balaban J connectivity index is 3.32. The van der Waals surface area contributed by atoms with Crippen LogP contribution in [0.4, 0.5) is 5.69 Å². The van der Waals surface area contributed by atoms with E-state index in [0.717, 1.165) is 0 Å². The molecule has 6 nitrogen and oxygen atoms in total. The number of hydrogen-bond acceptors (Lipinski definition) is 3. The molecule has 0 bridgehead atoms. The molecule has 0 atom stereocenters. The average molecular weight is 295 g/mol. The summed E-state index contributed by atoms with van der Waals surface area (Å²) < 4.78 is 23.8. The number of rotatable bonds is 3. The van der Waals surface area contributed by atoms with Crippen LogP contribution in [0.5, 0.6) is 0 Å². The fourth-order valence-corrected chi connectivity index (χ4v) is 2.05. The largest absolute Gasteiger partial charge is 0.478 e. The van der Waals surface area contributed by atoms with E-state index in [0.29, 0.717) is 4.47 Å². The Hall–Kier alpha value is -1.12. The van der Waals surface area contributed by atoms with Crippen molar-refractivity contribution in [2.45, 2.75) is 0 Å². The van der Waals surface area contributed by atoms with Crippen LogP contribution in [-0.4, -0.2) is 19.5 Å². The number of carboxylic acids is 1. The van der Waals surface area contributed by atoms with Gasteiger partial charge in [0.2, 0.25) is 0 Å². The van der Waals surface area contributed by atoms with Crippen molar-refractivity contribution in [1.82, 2.24) is 0 Å². The number of para-hydroxylation sites is 1. The van der Waals surface area contributed by atoms with Gasteiger partial charge in [0.1, 0.15) is 0 Å². The average Bonchev–Trinajstić information content (AvgIpc) is 2.05. The molecule has 1 aromatic rings. The molecule has 82 valence electrons. The van der Waals surface area contributed by atoms with Crippen molar-refractivity contribution in [3.8, 4) is 0 Å². The summed E-state index contributed by atoms with van der Waals surface area (Å²) in [5.41, 5.74) is -0.272. The van der Waals surface area contributed by atoms with E-state index >= 15 is 0 Å². The molecule has 0 saturated heterocycles. The molecule has 1 rings (SSSR count). The highest BCUT2D eigenvalue weighted by molar-refractivity contribution is 9.10. The van der Waals surface area contributed by atoms with Crippen LogP contribution in [0, 0.1) is 0 Å². The lowest BCUT2D eigenvalue weighted by Crippen LogP contribution is -2.23. The van der Waals surface area contributed by atoms with Gasteiger partial charge in [-0.15, -0.1) is 0 Å². The monoisotopic (exact) mass is 294 g/mol. The van der Waals surface area contributed by atoms with Crippen LogP contribution in [0.3, 0.4) is 0 Å². The number of nitrogens with one attached hydrogen (secondary N) is 1. The van der Waals surface area contributed by atoms with E-state index in [1.54, 1.807) is 0 Å². The van der Waals surface area contributed by atoms with Gasteiger partial charge in [-0.1, -0.05) is 6.07 Å². The second-order valence-corrected chi connectivity index (χ2v) is 4.76. The van der Waals surface area contributed by atoms with Crippen LogP contribution in [0.25, 0.3) is 0 Å². The smallest absolute Gasteiger partial charge is 0.337 e. The highest BCUT2D eigenvalue weighted by Crippen LogP contribution is 2.26. The second kappa shape index (κ2) is 4.17. The predicted molar refractivity (Wildman–Crippen MR) is 57.8 cm³/mol. The summed E-state index contributed by atoms with van der Waals surface area (Å²) >= 11 is 3.02. The third kappa shape index (κ3) is 3.18. The molecular weight excluding hydrogens is 288 g/mol. The second-order valence-electron chi connectivity index (χ2n) is 2.61. The standard InChI is InChI=1S/C7H7BrN2O4S/c8-5-3-1-2-4(7(11)12)6(5)10-15(9,13)14/h1-3,10H,(H,11,12)(H2,9,13,14). The minimum atomic E-state index is -4.00. The van der Waals surface area contributed by atoms with Crippen molar-refractivity contribution in [3.05, 3.63) is 28.2 Å². The third-order valence-corrected chi connectivity index (χ3v) is 2.64. The van der Waals surface area contributed by atoms with E-state index in [1.807, 2.05) is 4.72 Å². The Labute approximate surface area is 94.4 Å². The first kappa shape index (κ1) is 12.0. The number of carbonyl (C=O) groups is 1. The molecule has 0 aliphatic heterocycles. The van der Waals surface area contributed by atoms with E-state index in [1.165, 1.54) is 18.2 Å². The molecule has 15 heavy (non-hydrogen) atoms. The summed E-state index contributed by atoms with van der Waals surface area (Å²) in [4.78, 5) is 10.8. The molecule has 1 aromatic carbocycles. The van der Waals surface area contributed by atoms with Crippen molar-refractivity contribution in [2.75, 3.05) is 4.72 Å². The van der Waals surface area contributed by atoms with E-state index in [2.05, 4.69) is 15.9 Å². The number of nitrogens with two attached hydrogens (primary N) is 1. The van der Waals surface area contributed by atoms with Crippen molar-refractivity contribution < 1.29 is 18.3 Å². The molecule has 4 N–H and O–H groups in total. The zero-order chi connectivity index (χ0) is 11.6. The SMILES string of the molecule is NS(=O)(=O)Nc1c(Br)cccc1C(=O)O. The Morgan fingerprint density at radius 3 is 2.53 bits per heavy atom. The lowest BCUT2D eigenvalue weighted by molar-refractivity contribution is 0.0698. The maximum atomic E-state index is 10.8. The number of aromatic carboxylic acids is 1. The van der Waals surface area contributed by atoms with Gasteiger partial charge in [-0.2, -0.15) is 8.42 Å². The third-order valence-electron chi connectivity index (χ3n) is 1.49. The zero-order valence-corrected chi connectivity index (χ0v) is 9.67. The molecule has 0 aromatic heterocycles. The van der Waals surface area contributed by atoms with Gasteiger partial charge in [0.15, 0.2) is 0 Å². The van der Waals surface area contributed by atoms with E-state index < -0.39 is 16.2 Å². The van der Waals surface area contributed by atoms with E-state index in [9.17, 15) is 13.2 Å². The zero-order valence-electron chi connectivity index (χ0n) is 7.27. The Morgan fingerprint density at radius 1 is 1.47 bits per heavy atom. The van der Waals surface area contributed by atoms with Gasteiger partial charge < -0.3 is 5.11 Å². The summed E-state index contributed by atoms with van der Waals surface area (Å²) in [6, 6.07) is 4.24. The van der Waals surface area contributed by atoms with Gasteiger partial charge >= 0.3 is 5.97 Å². The fourth-order valence-electron chi connectivity index (χ4n) is 0.948. The highest BCUT2D eigenvalue weighted by Gasteiger charge is 2.15. The predicted octanol–water partition coefficient (Wildman–Crippen LogP) is 0.763. The molecular formula is C7H7BrN2O4S. The van der Waals surface area contributed by atoms with Gasteiger partial charge in [-0.3, -0.25) is 4.72 Å². The number of anilines is 1. The molecule has 8 heteroatoms. The van der Waals surface area contributed by atoms with Crippen molar-refractivity contribution >= 4 is 37.8 Å². The minimum absolute atomic E-state index is 0.0903. The summed E-state index contributed by atoms with van der Waals surface area (Å²) in [6.45, 7) is 0. The van der Waals surface area contributed by atoms with E-state index in [-0.39, 0.29) is 11.3 Å². The van der Waals surface area contributed by atoms with Gasteiger partial charge in [-0.25, -0.2) is 9.93 Å². The van der Waals surface area contributed by atoms with Crippen LogP contribution in [0.2, 0.25) is 0 Å². The molecule has 0 aliphatic carbocycles. The summed E-state index contributed by atoms with van der Waals surface area (Å²) in [5.74, 6) is -1.25. The maximum Gasteiger partial charge on any atom is 0.337 e. The Kier molecular flexibility index (Phi) is 3.32. The lowest BCUT2D eigenvalue weighted by Gasteiger charge is -2.08. The van der Waals surface area contributed by atoms with Crippen LogP contribution >= 0.6 is 15.9 Å². The molecule has 0 heterocycles. The lowest BCUT2D eigenvalue weighted by atomic mass is 10.2. The van der Waals surface area contributed by atoms with Gasteiger partial charge in [0.05, 0.1) is 11.3 Å². The number of hydrogen-bond donors (Lipinski definition) is 3. The summed E-state index contributed by atoms with van der Waals surface area (Å²) in [7, 11) is -4.00. The maximum absolute atomic E-state index is 10.8. The van der Waals surface area contributed by atoms with Crippen LogP contribution in [-0.2, 0) is 10.2 Å².